The van der Waals surface area contributed by atoms with Crippen molar-refractivity contribution in [3.8, 4) is 16.9 Å². The average molecular weight is 638 g/mol. The fourth-order valence-electron chi connectivity index (χ4n) is 5.83. The van der Waals surface area contributed by atoms with Crippen LogP contribution in [0.5, 0.6) is 5.75 Å². The number of ether oxygens (including phenoxy) is 1. The van der Waals surface area contributed by atoms with Crippen LogP contribution < -0.4 is 20.9 Å². The Morgan fingerprint density at radius 3 is 2.26 bits per heavy atom. The van der Waals surface area contributed by atoms with Crippen LogP contribution in [0.3, 0.4) is 0 Å². The number of nitrogens with one attached hydrogen (secondary N) is 2. The molecule has 0 atom stereocenters. The second kappa shape index (κ2) is 16.9. The average Bonchev–Trinajstić information content (AvgIpc) is 3.06. The van der Waals surface area contributed by atoms with E-state index in [1.54, 1.807) is 10.8 Å². The topological polar surface area (TPSA) is 88.5 Å². The van der Waals surface area contributed by atoms with Crippen molar-refractivity contribution in [2.75, 3.05) is 36.9 Å². The van der Waals surface area contributed by atoms with Crippen LogP contribution in [-0.4, -0.2) is 46.7 Å². The first-order valence-corrected chi connectivity index (χ1v) is 17.0. The monoisotopic (exact) mass is 637 g/mol. The molecule has 2 aromatic carbocycles. The quantitative estimate of drug-likeness (QED) is 0.127. The third kappa shape index (κ3) is 8.69. The number of nitrogens with zero attached hydrogens (tertiary/aromatic N) is 3. The molecule has 0 saturated heterocycles. The van der Waals surface area contributed by atoms with Crippen LogP contribution in [0, 0.1) is 0 Å². The maximum absolute atomic E-state index is 14.3. The molecule has 0 spiro atoms. The molecule has 0 aliphatic heterocycles. The zero-order valence-corrected chi connectivity index (χ0v) is 29.1. The van der Waals surface area contributed by atoms with Crippen molar-refractivity contribution in [3.05, 3.63) is 94.4 Å². The number of anilines is 2. The summed E-state index contributed by atoms with van der Waals surface area (Å²) in [5, 5.41) is 6.90. The number of benzene rings is 2. The van der Waals surface area contributed by atoms with Crippen LogP contribution in [0.2, 0.25) is 0 Å². The third-order valence-electron chi connectivity index (χ3n) is 8.50. The van der Waals surface area contributed by atoms with Gasteiger partial charge in [0.15, 0.2) is 0 Å². The standard InChI is InChI=1S/C39H51N5O3/c1-8-11-24-44-37-33(21-16-22-40-37)34(29-17-14-18-30(26-29)47-25-13-12-23-43(9-2)10-3)36(38(44)45)42-39(46)41-35-31(27(4)5)19-15-20-32(35)28(6)7/h12-22,26-28H,8-11,23-25H2,1-7H3,(H2,41,42,46)/b13-12-. The molecule has 250 valence electrons. The molecule has 47 heavy (non-hydrogen) atoms. The van der Waals surface area contributed by atoms with E-state index >= 15 is 0 Å². The van der Waals surface area contributed by atoms with E-state index in [1.807, 2.05) is 60.7 Å². The van der Waals surface area contributed by atoms with Crippen molar-refractivity contribution in [1.29, 1.82) is 0 Å². The molecule has 0 unspecified atom stereocenters. The summed E-state index contributed by atoms with van der Waals surface area (Å²) >= 11 is 0. The molecular formula is C39H51N5O3. The molecule has 2 N–H and O–H groups in total. The number of para-hydroxylation sites is 1. The number of fused-ring (bicyclic) bond motifs is 1. The largest absolute Gasteiger partial charge is 0.490 e. The van der Waals surface area contributed by atoms with E-state index in [1.165, 1.54) is 0 Å². The molecule has 8 heteroatoms. The van der Waals surface area contributed by atoms with E-state index in [2.05, 4.69) is 75.1 Å². The number of likely N-dealkylation sites (N-methyl/N-ethyl adjacent to an activating group) is 1. The summed E-state index contributed by atoms with van der Waals surface area (Å²) in [5.74, 6) is 1.07. The normalized spacial score (nSPS) is 11.7. The number of pyridine rings is 2. The maximum Gasteiger partial charge on any atom is 0.323 e. The molecule has 0 aliphatic rings. The Bertz CT molecular complexity index is 1710. The number of rotatable bonds is 15. The lowest BCUT2D eigenvalue weighted by Gasteiger charge is -2.22. The van der Waals surface area contributed by atoms with Gasteiger partial charge in [-0.25, -0.2) is 9.78 Å². The summed E-state index contributed by atoms with van der Waals surface area (Å²) in [4.78, 5) is 35.1. The number of urea groups is 1. The fraction of sp³-hybridized carbons (Fsp3) is 0.410. The lowest BCUT2D eigenvalue weighted by Crippen LogP contribution is -2.30. The fourth-order valence-corrected chi connectivity index (χ4v) is 5.83. The highest BCUT2D eigenvalue weighted by atomic mass is 16.5. The molecule has 0 bridgehead atoms. The van der Waals surface area contributed by atoms with Crippen molar-refractivity contribution in [2.24, 2.45) is 0 Å². The first kappa shape index (κ1) is 35.4. The van der Waals surface area contributed by atoms with E-state index < -0.39 is 6.03 Å². The van der Waals surface area contributed by atoms with Gasteiger partial charge in [-0.05, 0) is 72.3 Å². The number of carbonyl (C=O) groups excluding carboxylic acids is 1. The van der Waals surface area contributed by atoms with Gasteiger partial charge in [0.2, 0.25) is 0 Å². The van der Waals surface area contributed by atoms with Crippen LogP contribution in [-0.2, 0) is 6.54 Å². The highest BCUT2D eigenvalue weighted by Crippen LogP contribution is 2.36. The Hall–Kier alpha value is -4.43. The molecule has 0 saturated carbocycles. The minimum atomic E-state index is -0.464. The summed E-state index contributed by atoms with van der Waals surface area (Å²) in [6, 6.07) is 17.1. The van der Waals surface area contributed by atoms with E-state index in [0.29, 0.717) is 30.1 Å². The summed E-state index contributed by atoms with van der Waals surface area (Å²) in [7, 11) is 0. The highest BCUT2D eigenvalue weighted by molar-refractivity contribution is 6.07. The Morgan fingerprint density at radius 2 is 1.60 bits per heavy atom. The Morgan fingerprint density at radius 1 is 0.915 bits per heavy atom. The zero-order valence-electron chi connectivity index (χ0n) is 29.1. The van der Waals surface area contributed by atoms with Gasteiger partial charge in [-0.1, -0.05) is 97.4 Å². The lowest BCUT2D eigenvalue weighted by molar-refractivity contribution is 0.262. The minimum absolute atomic E-state index is 0.201. The van der Waals surface area contributed by atoms with Crippen LogP contribution in [0.4, 0.5) is 16.2 Å². The molecule has 2 heterocycles. The molecule has 4 rings (SSSR count). The van der Waals surface area contributed by atoms with Crippen molar-refractivity contribution < 1.29 is 9.53 Å². The van der Waals surface area contributed by atoms with E-state index in [9.17, 15) is 9.59 Å². The second-order valence-electron chi connectivity index (χ2n) is 12.4. The smallest absolute Gasteiger partial charge is 0.323 e. The second-order valence-corrected chi connectivity index (χ2v) is 12.4. The summed E-state index contributed by atoms with van der Waals surface area (Å²) in [6.45, 7) is 18.6. The van der Waals surface area contributed by atoms with Gasteiger partial charge in [0, 0.05) is 35.9 Å². The summed E-state index contributed by atoms with van der Waals surface area (Å²) in [6.07, 6.45) is 7.57. The maximum atomic E-state index is 14.3. The van der Waals surface area contributed by atoms with E-state index in [-0.39, 0.29) is 23.1 Å². The Kier molecular flexibility index (Phi) is 12.8. The number of hydrogen-bond acceptors (Lipinski definition) is 5. The van der Waals surface area contributed by atoms with Gasteiger partial charge in [0.1, 0.15) is 23.7 Å². The van der Waals surface area contributed by atoms with E-state index in [4.69, 9.17) is 4.74 Å². The number of amides is 2. The summed E-state index contributed by atoms with van der Waals surface area (Å²) < 4.78 is 7.78. The molecule has 2 amide bonds. The van der Waals surface area contributed by atoms with Gasteiger partial charge in [0.05, 0.1) is 0 Å². The van der Waals surface area contributed by atoms with Gasteiger partial charge in [-0.15, -0.1) is 0 Å². The lowest BCUT2D eigenvalue weighted by atomic mass is 9.93. The Labute approximate surface area is 279 Å². The summed E-state index contributed by atoms with van der Waals surface area (Å²) in [5.41, 5.74) is 4.76. The van der Waals surface area contributed by atoms with Crippen LogP contribution in [0.1, 0.15) is 84.3 Å². The predicted molar refractivity (Wildman–Crippen MR) is 196 cm³/mol. The zero-order chi connectivity index (χ0) is 33.9. The SMILES string of the molecule is CCCCn1c(=O)c(NC(=O)Nc2c(C(C)C)cccc2C(C)C)c(-c2cccc(OC/C=C\CN(CC)CC)c2)c2cccnc21. The van der Waals surface area contributed by atoms with Gasteiger partial charge in [0.25, 0.3) is 5.56 Å². The minimum Gasteiger partial charge on any atom is -0.490 e. The van der Waals surface area contributed by atoms with Crippen LogP contribution >= 0.6 is 0 Å². The van der Waals surface area contributed by atoms with Crippen molar-refractivity contribution >= 4 is 28.4 Å². The number of hydrogen-bond donors (Lipinski definition) is 2. The van der Waals surface area contributed by atoms with Gasteiger partial charge < -0.3 is 20.3 Å². The van der Waals surface area contributed by atoms with E-state index in [0.717, 1.165) is 60.2 Å². The first-order valence-electron chi connectivity index (χ1n) is 17.0. The van der Waals surface area contributed by atoms with Gasteiger partial charge in [-0.3, -0.25) is 9.36 Å². The molecule has 0 fully saturated rings. The number of aryl methyl sites for hydroxylation is 1. The number of unbranched alkanes of at least 4 members (excludes halogenated alkanes) is 1. The molecule has 8 nitrogen and oxygen atoms in total. The number of carbonyl (C=O) groups is 1. The predicted octanol–water partition coefficient (Wildman–Crippen LogP) is 9.03. The number of aromatic nitrogens is 2. The highest BCUT2D eigenvalue weighted by Gasteiger charge is 2.23. The third-order valence-corrected chi connectivity index (χ3v) is 8.50. The molecule has 0 aliphatic carbocycles. The molecule has 4 aromatic rings. The van der Waals surface area contributed by atoms with Gasteiger partial charge >= 0.3 is 6.03 Å². The van der Waals surface area contributed by atoms with Crippen LogP contribution in [0.25, 0.3) is 22.2 Å². The van der Waals surface area contributed by atoms with Crippen molar-refractivity contribution in [2.45, 2.75) is 79.7 Å². The van der Waals surface area contributed by atoms with Crippen LogP contribution in [0.15, 0.2) is 77.7 Å². The Balaban J connectivity index is 1.77. The molecule has 0 radical (unpaired) electrons. The molecular weight excluding hydrogens is 586 g/mol. The van der Waals surface area contributed by atoms with Gasteiger partial charge in [-0.2, -0.15) is 0 Å². The first-order chi connectivity index (χ1) is 22.7. The van der Waals surface area contributed by atoms with Crippen molar-refractivity contribution in [1.82, 2.24) is 14.5 Å². The molecule has 2 aromatic heterocycles. The van der Waals surface area contributed by atoms with Crippen molar-refractivity contribution in [3.63, 3.8) is 0 Å².